The maximum absolute atomic E-state index is 6.40. The summed E-state index contributed by atoms with van der Waals surface area (Å²) >= 11 is 6.40. The third-order valence-corrected chi connectivity index (χ3v) is 3.69. The summed E-state index contributed by atoms with van der Waals surface area (Å²) in [4.78, 5) is 0. The van der Waals surface area contributed by atoms with Gasteiger partial charge in [0.1, 0.15) is 5.75 Å². The van der Waals surface area contributed by atoms with Gasteiger partial charge in [0.05, 0.1) is 17.7 Å². The van der Waals surface area contributed by atoms with E-state index in [9.17, 15) is 0 Å². The van der Waals surface area contributed by atoms with Crippen LogP contribution in [-0.2, 0) is 12.8 Å². The minimum absolute atomic E-state index is 0.351. The fourth-order valence-electron chi connectivity index (χ4n) is 2.47. The molecule has 1 aliphatic rings. The molecule has 0 spiro atoms. The molecule has 18 heavy (non-hydrogen) atoms. The van der Waals surface area contributed by atoms with Crippen molar-refractivity contribution in [3.63, 3.8) is 0 Å². The van der Waals surface area contributed by atoms with Gasteiger partial charge in [-0.1, -0.05) is 16.8 Å². The van der Waals surface area contributed by atoms with Gasteiger partial charge in [-0.2, -0.15) is 0 Å². The predicted molar refractivity (Wildman–Crippen MR) is 69.9 cm³/mol. The van der Waals surface area contributed by atoms with Gasteiger partial charge in [-0.15, -0.1) is 0 Å². The average molecular weight is 265 g/mol. The number of anilines is 1. The molecule has 0 bridgehead atoms. The summed E-state index contributed by atoms with van der Waals surface area (Å²) in [6, 6.07) is 3.74. The summed E-state index contributed by atoms with van der Waals surface area (Å²) in [6.45, 7) is 0. The SMILES string of the molecule is COc1c(-c2cc(N)no2)cc2c(c1Cl)CCC2. The fraction of sp³-hybridized carbons (Fsp3) is 0.308. The first-order valence-corrected chi connectivity index (χ1v) is 6.19. The lowest BCUT2D eigenvalue weighted by atomic mass is 10.0. The van der Waals surface area contributed by atoms with Crippen molar-refractivity contribution in [1.29, 1.82) is 0 Å². The van der Waals surface area contributed by atoms with Crippen molar-refractivity contribution in [2.24, 2.45) is 0 Å². The van der Waals surface area contributed by atoms with Crippen LogP contribution in [0, 0.1) is 0 Å². The number of benzene rings is 1. The zero-order valence-electron chi connectivity index (χ0n) is 10.00. The van der Waals surface area contributed by atoms with Gasteiger partial charge < -0.3 is 15.0 Å². The Morgan fingerprint density at radius 2 is 2.22 bits per heavy atom. The molecule has 0 radical (unpaired) electrons. The zero-order valence-corrected chi connectivity index (χ0v) is 10.8. The fourth-order valence-corrected chi connectivity index (χ4v) is 2.87. The second-order valence-electron chi connectivity index (χ2n) is 4.38. The Kier molecular flexibility index (Phi) is 2.67. The second kappa shape index (κ2) is 4.21. The molecule has 1 heterocycles. The number of rotatable bonds is 2. The molecule has 0 unspecified atom stereocenters. The van der Waals surface area contributed by atoms with Gasteiger partial charge >= 0.3 is 0 Å². The van der Waals surface area contributed by atoms with Crippen molar-refractivity contribution >= 4 is 17.4 Å². The van der Waals surface area contributed by atoms with Crippen LogP contribution in [0.5, 0.6) is 5.75 Å². The number of fused-ring (bicyclic) bond motifs is 1. The smallest absolute Gasteiger partial charge is 0.172 e. The molecule has 1 aromatic carbocycles. The molecule has 1 aromatic heterocycles. The number of halogens is 1. The normalized spacial score (nSPS) is 13.7. The van der Waals surface area contributed by atoms with Crippen molar-refractivity contribution in [3.8, 4) is 17.1 Å². The number of nitrogen functional groups attached to an aromatic ring is 1. The van der Waals surface area contributed by atoms with Crippen molar-refractivity contribution in [3.05, 3.63) is 28.3 Å². The lowest BCUT2D eigenvalue weighted by Crippen LogP contribution is -1.94. The number of methoxy groups -OCH3 is 1. The molecule has 0 atom stereocenters. The number of aryl methyl sites for hydroxylation is 1. The highest BCUT2D eigenvalue weighted by molar-refractivity contribution is 6.33. The maximum atomic E-state index is 6.40. The van der Waals surface area contributed by atoms with Crippen LogP contribution < -0.4 is 10.5 Å². The van der Waals surface area contributed by atoms with Gasteiger partial charge in [-0.05, 0) is 36.5 Å². The third kappa shape index (κ3) is 1.64. The summed E-state index contributed by atoms with van der Waals surface area (Å²) in [6.07, 6.45) is 3.17. The summed E-state index contributed by atoms with van der Waals surface area (Å²) < 4.78 is 10.6. The maximum Gasteiger partial charge on any atom is 0.172 e. The van der Waals surface area contributed by atoms with E-state index < -0.39 is 0 Å². The van der Waals surface area contributed by atoms with Gasteiger partial charge in [0.25, 0.3) is 0 Å². The summed E-state index contributed by atoms with van der Waals surface area (Å²) in [5.74, 6) is 1.57. The Labute approximate surface area is 110 Å². The van der Waals surface area contributed by atoms with Gasteiger partial charge in [0.15, 0.2) is 11.6 Å². The standard InChI is InChI=1S/C13H13ClN2O2/c1-17-13-9(10-6-11(15)16-18-10)5-7-3-2-4-8(7)12(13)14/h5-6H,2-4H2,1H3,(H2,15,16). The monoisotopic (exact) mass is 264 g/mol. The van der Waals surface area contributed by atoms with Crippen LogP contribution in [0.2, 0.25) is 5.02 Å². The molecule has 0 aliphatic heterocycles. The second-order valence-corrected chi connectivity index (χ2v) is 4.76. The highest BCUT2D eigenvalue weighted by atomic mass is 35.5. The van der Waals surface area contributed by atoms with Crippen molar-refractivity contribution < 1.29 is 9.26 Å². The molecule has 0 fully saturated rings. The number of nitrogens with zero attached hydrogens (tertiary/aromatic N) is 1. The summed E-state index contributed by atoms with van der Waals surface area (Å²) in [5, 5.41) is 4.37. The lowest BCUT2D eigenvalue weighted by Gasteiger charge is -2.12. The van der Waals surface area contributed by atoms with Gasteiger partial charge in [-0.3, -0.25) is 0 Å². The first-order chi connectivity index (χ1) is 8.70. The first kappa shape index (κ1) is 11.4. The Balaban J connectivity index is 2.23. The molecule has 94 valence electrons. The summed E-state index contributed by atoms with van der Waals surface area (Å²) in [7, 11) is 1.60. The summed E-state index contributed by atoms with van der Waals surface area (Å²) in [5.41, 5.74) is 8.83. The van der Waals surface area contributed by atoms with Crippen LogP contribution >= 0.6 is 11.6 Å². The van der Waals surface area contributed by atoms with Crippen molar-refractivity contribution in [1.82, 2.24) is 5.16 Å². The van der Waals surface area contributed by atoms with Crippen LogP contribution in [0.1, 0.15) is 17.5 Å². The van der Waals surface area contributed by atoms with E-state index in [1.807, 2.05) is 0 Å². The molecule has 5 heteroatoms. The van der Waals surface area contributed by atoms with Crippen molar-refractivity contribution in [2.45, 2.75) is 19.3 Å². The van der Waals surface area contributed by atoms with Crippen LogP contribution in [0.4, 0.5) is 5.82 Å². The Hall–Kier alpha value is -1.68. The Morgan fingerprint density at radius 3 is 2.89 bits per heavy atom. The van der Waals surface area contributed by atoms with Crippen LogP contribution in [0.3, 0.4) is 0 Å². The van der Waals surface area contributed by atoms with Crippen LogP contribution in [0.25, 0.3) is 11.3 Å². The largest absolute Gasteiger partial charge is 0.494 e. The van der Waals surface area contributed by atoms with Gasteiger partial charge in [0, 0.05) is 6.07 Å². The molecule has 0 amide bonds. The van der Waals surface area contributed by atoms with Gasteiger partial charge in [-0.25, -0.2) is 0 Å². The van der Waals surface area contributed by atoms with Crippen LogP contribution in [0.15, 0.2) is 16.7 Å². The highest BCUT2D eigenvalue weighted by Gasteiger charge is 2.23. The van der Waals surface area contributed by atoms with E-state index in [2.05, 4.69) is 11.2 Å². The van der Waals surface area contributed by atoms with E-state index in [0.717, 1.165) is 24.8 Å². The van der Waals surface area contributed by atoms with Crippen LogP contribution in [-0.4, -0.2) is 12.3 Å². The Morgan fingerprint density at radius 1 is 1.39 bits per heavy atom. The predicted octanol–water partition coefficient (Wildman–Crippen LogP) is 3.07. The van der Waals surface area contributed by atoms with Crippen molar-refractivity contribution in [2.75, 3.05) is 12.8 Å². The van der Waals surface area contributed by atoms with E-state index in [4.69, 9.17) is 26.6 Å². The third-order valence-electron chi connectivity index (χ3n) is 3.29. The van der Waals surface area contributed by atoms with E-state index in [0.29, 0.717) is 22.4 Å². The molecule has 1 aliphatic carbocycles. The van der Waals surface area contributed by atoms with E-state index in [1.54, 1.807) is 13.2 Å². The molecule has 3 rings (SSSR count). The number of hydrogen-bond donors (Lipinski definition) is 1. The van der Waals surface area contributed by atoms with E-state index in [-0.39, 0.29) is 0 Å². The number of hydrogen-bond acceptors (Lipinski definition) is 4. The minimum atomic E-state index is 0.351. The molecule has 2 aromatic rings. The van der Waals surface area contributed by atoms with E-state index in [1.165, 1.54) is 11.1 Å². The quantitative estimate of drug-likeness (QED) is 0.905. The zero-order chi connectivity index (χ0) is 12.7. The van der Waals surface area contributed by atoms with E-state index >= 15 is 0 Å². The highest BCUT2D eigenvalue weighted by Crippen LogP contribution is 2.43. The molecular weight excluding hydrogens is 252 g/mol. The molecule has 0 saturated heterocycles. The molecular formula is C13H13ClN2O2. The number of ether oxygens (including phenoxy) is 1. The molecule has 2 N–H and O–H groups in total. The number of nitrogens with two attached hydrogens (primary N) is 1. The average Bonchev–Trinajstić information content (AvgIpc) is 2.97. The number of aromatic nitrogens is 1. The Bertz CT molecular complexity index is 607. The molecule has 4 nitrogen and oxygen atoms in total. The van der Waals surface area contributed by atoms with Gasteiger partial charge in [0.2, 0.25) is 0 Å². The lowest BCUT2D eigenvalue weighted by molar-refractivity contribution is 0.406. The molecule has 0 saturated carbocycles. The minimum Gasteiger partial charge on any atom is -0.494 e. The topological polar surface area (TPSA) is 61.3 Å². The first-order valence-electron chi connectivity index (χ1n) is 5.81.